The van der Waals surface area contributed by atoms with Crippen molar-refractivity contribution in [3.05, 3.63) is 35.4 Å². The van der Waals surface area contributed by atoms with Crippen LogP contribution in [0.4, 0.5) is 4.79 Å². The number of benzene rings is 1. The predicted molar refractivity (Wildman–Crippen MR) is 105 cm³/mol. The Balaban J connectivity index is 1.12. The smallest absolute Gasteiger partial charge is 0.320 e. The largest absolute Gasteiger partial charge is 0.370 e. The molecule has 4 fully saturated rings. The maximum atomic E-state index is 12.7. The van der Waals surface area contributed by atoms with Crippen LogP contribution in [0.25, 0.3) is 0 Å². The molecule has 0 radical (unpaired) electrons. The molecule has 3 heterocycles. The molecule has 2 atom stereocenters. The van der Waals surface area contributed by atoms with Gasteiger partial charge in [-0.15, -0.1) is 0 Å². The summed E-state index contributed by atoms with van der Waals surface area (Å²) in [6.45, 7) is 2.99. The van der Waals surface area contributed by atoms with E-state index >= 15 is 0 Å². The summed E-state index contributed by atoms with van der Waals surface area (Å²) in [6.07, 6.45) is 4.15. The fraction of sp³-hybridized carbons (Fsp3) is 0.565. The Kier molecular flexibility index (Phi) is 4.60. The van der Waals surface area contributed by atoms with E-state index in [-0.39, 0.29) is 36.4 Å². The summed E-state index contributed by atoms with van der Waals surface area (Å²) >= 11 is 0. The summed E-state index contributed by atoms with van der Waals surface area (Å²) in [5.41, 5.74) is 2.48. The zero-order valence-corrected chi connectivity index (χ0v) is 16.1. The number of carbonyl (C=O) groups excluding carboxylic acids is 2. The summed E-state index contributed by atoms with van der Waals surface area (Å²) in [6, 6.07) is 8.70. The van der Waals surface area contributed by atoms with Crippen LogP contribution in [0.3, 0.4) is 0 Å². The van der Waals surface area contributed by atoms with Crippen LogP contribution in [0, 0.1) is 23.7 Å². The van der Waals surface area contributed by atoms with Gasteiger partial charge in [0.2, 0.25) is 0 Å². The summed E-state index contributed by atoms with van der Waals surface area (Å²) in [7, 11) is 0. The van der Waals surface area contributed by atoms with Crippen molar-refractivity contribution in [3.8, 4) is 11.8 Å². The average Bonchev–Trinajstić information content (AvgIpc) is 3.51. The Bertz CT molecular complexity index is 828. The molecule has 0 N–H and O–H groups in total. The van der Waals surface area contributed by atoms with E-state index in [1.807, 2.05) is 9.80 Å². The highest BCUT2D eigenvalue weighted by Crippen LogP contribution is 2.39. The maximum Gasteiger partial charge on any atom is 0.320 e. The van der Waals surface area contributed by atoms with Crippen molar-refractivity contribution in [3.63, 3.8) is 0 Å². The topological polar surface area (TPSA) is 49.9 Å². The molecule has 2 amide bonds. The first-order valence-corrected chi connectivity index (χ1v) is 10.4. The van der Waals surface area contributed by atoms with E-state index in [1.54, 1.807) is 0 Å². The third kappa shape index (κ3) is 3.66. The van der Waals surface area contributed by atoms with Gasteiger partial charge >= 0.3 is 6.03 Å². The first-order valence-electron chi connectivity index (χ1n) is 10.4. The number of Topliss-reactive ketones (excluding diaryl/α,β-unsaturated/α-hetero) is 1. The van der Waals surface area contributed by atoms with E-state index in [0.717, 1.165) is 17.9 Å². The Labute approximate surface area is 166 Å². The Hall–Kier alpha value is -2.32. The van der Waals surface area contributed by atoms with E-state index in [9.17, 15) is 9.59 Å². The fourth-order valence-electron chi connectivity index (χ4n) is 4.52. The highest BCUT2D eigenvalue weighted by molar-refractivity contribution is 5.81. The van der Waals surface area contributed by atoms with Crippen molar-refractivity contribution < 1.29 is 14.3 Å². The minimum atomic E-state index is 0.0864. The van der Waals surface area contributed by atoms with E-state index < -0.39 is 0 Å². The predicted octanol–water partition coefficient (Wildman–Crippen LogP) is 2.65. The molecule has 5 rings (SSSR count). The molecule has 1 aromatic carbocycles. The standard InChI is InChI=1S/C23H26N2O3/c26-21-11-20-14-24(10-9-22(20)28-15-21)23(27)25-12-17(13-25)2-1-16-3-5-18(6-4-16)19-7-8-19/h3-6,17,19-20,22H,7-15H2/t20-,22+/m1/s1. The van der Waals surface area contributed by atoms with Crippen molar-refractivity contribution in [1.82, 2.24) is 9.80 Å². The number of rotatable bonds is 1. The molecule has 5 heteroatoms. The minimum absolute atomic E-state index is 0.0864. The number of hydrogen-bond acceptors (Lipinski definition) is 3. The van der Waals surface area contributed by atoms with Crippen LogP contribution < -0.4 is 0 Å². The Morgan fingerprint density at radius 3 is 2.57 bits per heavy atom. The molecule has 0 bridgehead atoms. The maximum absolute atomic E-state index is 12.7. The number of hydrogen-bond donors (Lipinski definition) is 0. The second-order valence-electron chi connectivity index (χ2n) is 8.64. The normalized spacial score (nSPS) is 27.5. The molecule has 5 nitrogen and oxygen atoms in total. The second-order valence-corrected chi connectivity index (χ2v) is 8.64. The van der Waals surface area contributed by atoms with Gasteiger partial charge in [-0.3, -0.25) is 4.79 Å². The van der Waals surface area contributed by atoms with Crippen molar-refractivity contribution in [1.29, 1.82) is 0 Å². The molecule has 4 aliphatic rings. The van der Waals surface area contributed by atoms with Gasteiger partial charge in [0.1, 0.15) is 6.61 Å². The van der Waals surface area contributed by atoms with Gasteiger partial charge in [-0.25, -0.2) is 4.79 Å². The zero-order chi connectivity index (χ0) is 19.1. The molecule has 0 spiro atoms. The molecule has 1 aliphatic carbocycles. The number of likely N-dealkylation sites (tertiary alicyclic amines) is 2. The Morgan fingerprint density at radius 1 is 1.04 bits per heavy atom. The summed E-state index contributed by atoms with van der Waals surface area (Å²) in [5.74, 6) is 7.91. The van der Waals surface area contributed by atoms with Crippen molar-refractivity contribution in [2.75, 3.05) is 32.8 Å². The lowest BCUT2D eigenvalue weighted by molar-refractivity contribution is -0.140. The van der Waals surface area contributed by atoms with Gasteiger partial charge in [-0.2, -0.15) is 0 Å². The molecule has 1 saturated carbocycles. The van der Waals surface area contributed by atoms with Crippen LogP contribution in [0.2, 0.25) is 0 Å². The average molecular weight is 378 g/mol. The van der Waals surface area contributed by atoms with E-state index in [4.69, 9.17) is 4.74 Å². The highest BCUT2D eigenvalue weighted by atomic mass is 16.5. The van der Waals surface area contributed by atoms with Crippen molar-refractivity contribution >= 4 is 11.8 Å². The van der Waals surface area contributed by atoms with E-state index in [2.05, 4.69) is 36.1 Å². The molecular weight excluding hydrogens is 352 g/mol. The van der Waals surface area contributed by atoms with Crippen molar-refractivity contribution in [2.45, 2.75) is 37.7 Å². The fourth-order valence-corrected chi connectivity index (χ4v) is 4.52. The number of ether oxygens (including phenoxy) is 1. The monoisotopic (exact) mass is 378 g/mol. The van der Waals surface area contributed by atoms with Gasteiger partial charge in [0, 0.05) is 44.1 Å². The number of urea groups is 1. The van der Waals surface area contributed by atoms with Gasteiger partial charge in [-0.1, -0.05) is 24.0 Å². The van der Waals surface area contributed by atoms with E-state index in [0.29, 0.717) is 32.6 Å². The number of carbonyl (C=O) groups is 2. The first-order chi connectivity index (χ1) is 13.7. The molecule has 3 saturated heterocycles. The number of ketones is 1. The van der Waals surface area contributed by atoms with E-state index in [1.165, 1.54) is 18.4 Å². The van der Waals surface area contributed by atoms with Crippen LogP contribution in [0.5, 0.6) is 0 Å². The minimum Gasteiger partial charge on any atom is -0.370 e. The number of amides is 2. The van der Waals surface area contributed by atoms with Gasteiger partial charge in [0.05, 0.1) is 12.0 Å². The SMILES string of the molecule is O=C1CO[C@H]2CCN(C(=O)N3CC(C#Cc4ccc(C5CC5)cc4)C3)C[C@H]2C1. The zero-order valence-electron chi connectivity index (χ0n) is 16.1. The van der Waals surface area contributed by atoms with Gasteiger partial charge in [-0.05, 0) is 42.9 Å². The van der Waals surface area contributed by atoms with Crippen LogP contribution in [-0.2, 0) is 9.53 Å². The molecule has 3 aliphatic heterocycles. The number of fused-ring (bicyclic) bond motifs is 1. The number of nitrogens with zero attached hydrogens (tertiary/aromatic N) is 2. The lowest BCUT2D eigenvalue weighted by Crippen LogP contribution is -2.58. The quantitative estimate of drug-likeness (QED) is 0.706. The molecule has 28 heavy (non-hydrogen) atoms. The third-order valence-corrected chi connectivity index (χ3v) is 6.42. The van der Waals surface area contributed by atoms with Gasteiger partial charge in [0.15, 0.2) is 5.78 Å². The summed E-state index contributed by atoms with van der Waals surface area (Å²) in [4.78, 5) is 28.1. The highest BCUT2D eigenvalue weighted by Gasteiger charge is 2.39. The van der Waals surface area contributed by atoms with Crippen LogP contribution in [-0.4, -0.2) is 60.5 Å². The second kappa shape index (κ2) is 7.25. The lowest BCUT2D eigenvalue weighted by atomic mass is 9.88. The molecule has 0 aromatic heterocycles. The third-order valence-electron chi connectivity index (χ3n) is 6.42. The van der Waals surface area contributed by atoms with Crippen LogP contribution in [0.1, 0.15) is 42.7 Å². The van der Waals surface area contributed by atoms with Crippen LogP contribution in [0.15, 0.2) is 24.3 Å². The summed E-state index contributed by atoms with van der Waals surface area (Å²) in [5, 5.41) is 0. The first kappa shape index (κ1) is 17.8. The number of piperidine rings is 1. The molecule has 1 aromatic rings. The van der Waals surface area contributed by atoms with Crippen molar-refractivity contribution in [2.24, 2.45) is 11.8 Å². The van der Waals surface area contributed by atoms with Gasteiger partial charge < -0.3 is 14.5 Å². The summed E-state index contributed by atoms with van der Waals surface area (Å²) < 4.78 is 5.62. The van der Waals surface area contributed by atoms with Gasteiger partial charge in [0.25, 0.3) is 0 Å². The Morgan fingerprint density at radius 2 is 1.82 bits per heavy atom. The molecular formula is C23H26N2O3. The molecule has 146 valence electrons. The van der Waals surface area contributed by atoms with Crippen LogP contribution >= 0.6 is 0 Å². The lowest BCUT2D eigenvalue weighted by Gasteiger charge is -2.45. The molecule has 0 unspecified atom stereocenters.